The molecule has 2 aromatic rings. The molecule has 0 radical (unpaired) electrons. The summed E-state index contributed by atoms with van der Waals surface area (Å²) in [4.78, 5) is 11.7. The van der Waals surface area contributed by atoms with Gasteiger partial charge in [0.15, 0.2) is 23.5 Å². The molecule has 1 aromatic carbocycles. The van der Waals surface area contributed by atoms with E-state index in [2.05, 4.69) is 15.0 Å². The average Bonchev–Trinajstić information content (AvgIpc) is 2.85. The molecule has 7 heteroatoms. The van der Waals surface area contributed by atoms with Crippen LogP contribution in [0.1, 0.15) is 6.92 Å². The molecule has 0 saturated heterocycles. The molecule has 1 aromatic heterocycles. The lowest BCUT2D eigenvalue weighted by atomic mass is 10.3. The second-order valence-electron chi connectivity index (χ2n) is 3.71. The molecule has 0 fully saturated rings. The first-order valence-corrected chi connectivity index (χ1v) is 5.39. The minimum absolute atomic E-state index is 0.204. The SMILES string of the molecule is CC(Oc1ccc(F)cc1F)C(=O)Nc1ccon1. The Kier molecular flexibility index (Phi) is 3.74. The number of nitrogens with one attached hydrogen (secondary N) is 1. The van der Waals surface area contributed by atoms with Crippen LogP contribution in [0, 0.1) is 11.6 Å². The van der Waals surface area contributed by atoms with Crippen LogP contribution in [0.3, 0.4) is 0 Å². The van der Waals surface area contributed by atoms with Gasteiger partial charge in [0.1, 0.15) is 12.1 Å². The van der Waals surface area contributed by atoms with Crippen LogP contribution in [0.5, 0.6) is 5.75 Å². The highest BCUT2D eigenvalue weighted by atomic mass is 19.1. The molecular formula is C12H10F2N2O3. The van der Waals surface area contributed by atoms with Gasteiger partial charge in [-0.15, -0.1) is 0 Å². The number of anilines is 1. The van der Waals surface area contributed by atoms with Crippen molar-refractivity contribution in [1.29, 1.82) is 0 Å². The van der Waals surface area contributed by atoms with E-state index in [0.717, 1.165) is 12.1 Å². The van der Waals surface area contributed by atoms with Crippen molar-refractivity contribution >= 4 is 11.7 Å². The van der Waals surface area contributed by atoms with Gasteiger partial charge >= 0.3 is 0 Å². The molecule has 1 amide bonds. The molecule has 1 N–H and O–H groups in total. The van der Waals surface area contributed by atoms with Crippen molar-refractivity contribution in [2.75, 3.05) is 5.32 Å². The normalized spacial score (nSPS) is 11.9. The zero-order valence-corrected chi connectivity index (χ0v) is 9.89. The number of carbonyl (C=O) groups is 1. The summed E-state index contributed by atoms with van der Waals surface area (Å²) in [7, 11) is 0. The predicted octanol–water partition coefficient (Wildman–Crippen LogP) is 2.36. The van der Waals surface area contributed by atoms with Gasteiger partial charge in [-0.05, 0) is 19.1 Å². The smallest absolute Gasteiger partial charge is 0.266 e. The van der Waals surface area contributed by atoms with E-state index in [-0.39, 0.29) is 11.6 Å². The van der Waals surface area contributed by atoms with Crippen LogP contribution in [0.25, 0.3) is 0 Å². The van der Waals surface area contributed by atoms with Gasteiger partial charge in [-0.1, -0.05) is 5.16 Å². The minimum Gasteiger partial charge on any atom is -0.478 e. The largest absolute Gasteiger partial charge is 0.478 e. The summed E-state index contributed by atoms with van der Waals surface area (Å²) in [5.41, 5.74) is 0. The fraction of sp³-hybridized carbons (Fsp3) is 0.167. The Morgan fingerprint density at radius 2 is 2.21 bits per heavy atom. The summed E-state index contributed by atoms with van der Waals surface area (Å²) in [6.07, 6.45) is 0.317. The lowest BCUT2D eigenvalue weighted by Gasteiger charge is -2.14. The standard InChI is InChI=1S/C12H10F2N2O3/c1-7(12(17)15-11-4-5-18-16-11)19-10-3-2-8(13)6-9(10)14/h2-7H,1H3,(H,15,16,17). The van der Waals surface area contributed by atoms with Crippen molar-refractivity contribution < 1.29 is 22.8 Å². The molecule has 100 valence electrons. The summed E-state index contributed by atoms with van der Waals surface area (Å²) < 4.78 is 35.7. The first-order valence-electron chi connectivity index (χ1n) is 5.39. The van der Waals surface area contributed by atoms with Gasteiger partial charge in [-0.25, -0.2) is 8.78 Å². The highest BCUT2D eigenvalue weighted by Crippen LogP contribution is 2.19. The fourth-order valence-corrected chi connectivity index (χ4v) is 1.32. The van der Waals surface area contributed by atoms with E-state index in [0.29, 0.717) is 6.07 Å². The number of nitrogens with zero attached hydrogens (tertiary/aromatic N) is 1. The topological polar surface area (TPSA) is 64.4 Å². The van der Waals surface area contributed by atoms with Gasteiger partial charge in [-0.3, -0.25) is 4.79 Å². The average molecular weight is 268 g/mol. The Labute approximate surface area is 107 Å². The first kappa shape index (κ1) is 13.0. The van der Waals surface area contributed by atoms with Crippen molar-refractivity contribution in [3.8, 4) is 5.75 Å². The summed E-state index contributed by atoms with van der Waals surface area (Å²) in [5.74, 6) is -2.10. The van der Waals surface area contributed by atoms with Crippen molar-refractivity contribution in [3.63, 3.8) is 0 Å². The van der Waals surface area contributed by atoms with E-state index in [1.165, 1.54) is 19.3 Å². The monoisotopic (exact) mass is 268 g/mol. The Morgan fingerprint density at radius 1 is 1.42 bits per heavy atom. The summed E-state index contributed by atoms with van der Waals surface area (Å²) >= 11 is 0. The third-order valence-corrected chi connectivity index (χ3v) is 2.26. The minimum atomic E-state index is -0.975. The van der Waals surface area contributed by atoms with Crippen LogP contribution in [0.15, 0.2) is 35.1 Å². The van der Waals surface area contributed by atoms with Crippen LogP contribution in [-0.4, -0.2) is 17.2 Å². The molecule has 1 heterocycles. The number of halogens is 2. The molecule has 2 rings (SSSR count). The third-order valence-electron chi connectivity index (χ3n) is 2.26. The van der Waals surface area contributed by atoms with Crippen molar-refractivity contribution in [3.05, 3.63) is 42.2 Å². The summed E-state index contributed by atoms with van der Waals surface area (Å²) in [5, 5.41) is 5.90. The molecule has 5 nitrogen and oxygen atoms in total. The van der Waals surface area contributed by atoms with E-state index in [1.54, 1.807) is 0 Å². The van der Waals surface area contributed by atoms with E-state index < -0.39 is 23.6 Å². The molecule has 1 unspecified atom stereocenters. The predicted molar refractivity (Wildman–Crippen MR) is 61.6 cm³/mol. The number of rotatable bonds is 4. The zero-order valence-electron chi connectivity index (χ0n) is 9.89. The molecule has 0 aliphatic rings. The highest BCUT2D eigenvalue weighted by molar-refractivity contribution is 5.93. The van der Waals surface area contributed by atoms with Gasteiger partial charge in [0.05, 0.1) is 0 Å². The number of aromatic nitrogens is 1. The van der Waals surface area contributed by atoms with E-state index in [1.807, 2.05) is 0 Å². The highest BCUT2D eigenvalue weighted by Gasteiger charge is 2.17. The number of ether oxygens (including phenoxy) is 1. The molecule has 0 bridgehead atoms. The van der Waals surface area contributed by atoms with E-state index in [4.69, 9.17) is 4.74 Å². The van der Waals surface area contributed by atoms with Gasteiger partial charge < -0.3 is 14.6 Å². The van der Waals surface area contributed by atoms with Gasteiger partial charge in [0.25, 0.3) is 5.91 Å². The van der Waals surface area contributed by atoms with Crippen LogP contribution >= 0.6 is 0 Å². The number of benzene rings is 1. The third kappa shape index (κ3) is 3.27. The first-order chi connectivity index (χ1) is 9.06. The maximum Gasteiger partial charge on any atom is 0.266 e. The Bertz CT molecular complexity index is 572. The number of hydrogen-bond acceptors (Lipinski definition) is 4. The number of amides is 1. The lowest BCUT2D eigenvalue weighted by Crippen LogP contribution is -2.30. The van der Waals surface area contributed by atoms with Crippen molar-refractivity contribution in [1.82, 2.24) is 5.16 Å². The zero-order chi connectivity index (χ0) is 13.8. The Balaban J connectivity index is 2.00. The van der Waals surface area contributed by atoms with Crippen LogP contribution in [0.4, 0.5) is 14.6 Å². The van der Waals surface area contributed by atoms with E-state index in [9.17, 15) is 13.6 Å². The lowest BCUT2D eigenvalue weighted by molar-refractivity contribution is -0.122. The number of carbonyl (C=O) groups excluding carboxylic acids is 1. The maximum absolute atomic E-state index is 13.3. The van der Waals surface area contributed by atoms with E-state index >= 15 is 0 Å². The van der Waals surface area contributed by atoms with Crippen molar-refractivity contribution in [2.24, 2.45) is 0 Å². The van der Waals surface area contributed by atoms with Gasteiger partial charge in [-0.2, -0.15) is 0 Å². The molecule has 19 heavy (non-hydrogen) atoms. The van der Waals surface area contributed by atoms with Gasteiger partial charge in [0.2, 0.25) is 0 Å². The van der Waals surface area contributed by atoms with Gasteiger partial charge in [0, 0.05) is 12.1 Å². The second-order valence-corrected chi connectivity index (χ2v) is 3.71. The molecule has 0 spiro atoms. The van der Waals surface area contributed by atoms with Crippen molar-refractivity contribution in [2.45, 2.75) is 13.0 Å². The van der Waals surface area contributed by atoms with Crippen LogP contribution in [-0.2, 0) is 4.79 Å². The molecule has 0 aliphatic carbocycles. The Morgan fingerprint density at radius 3 is 2.84 bits per heavy atom. The van der Waals surface area contributed by atoms with Crippen LogP contribution in [0.2, 0.25) is 0 Å². The molecule has 0 saturated carbocycles. The quantitative estimate of drug-likeness (QED) is 0.924. The Hall–Kier alpha value is -2.44. The second kappa shape index (κ2) is 5.47. The van der Waals surface area contributed by atoms with Crippen LogP contribution < -0.4 is 10.1 Å². The fourth-order valence-electron chi connectivity index (χ4n) is 1.32. The summed E-state index contributed by atoms with van der Waals surface area (Å²) in [6, 6.07) is 4.28. The molecule has 1 atom stereocenters. The maximum atomic E-state index is 13.3. The molecule has 0 aliphatic heterocycles. The number of hydrogen-bond donors (Lipinski definition) is 1. The molecular weight excluding hydrogens is 258 g/mol. The summed E-state index contributed by atoms with van der Waals surface area (Å²) in [6.45, 7) is 1.43.